The first-order chi connectivity index (χ1) is 14.8. The van der Waals surface area contributed by atoms with Crippen molar-refractivity contribution in [3.8, 4) is 0 Å². The van der Waals surface area contributed by atoms with Crippen molar-refractivity contribution < 1.29 is 4.79 Å². The number of halogens is 3. The summed E-state index contributed by atoms with van der Waals surface area (Å²) < 4.78 is 0. The van der Waals surface area contributed by atoms with E-state index in [0.29, 0.717) is 32.4 Å². The molecule has 1 aliphatic heterocycles. The predicted octanol–water partition coefficient (Wildman–Crippen LogP) is 6.90. The quantitative estimate of drug-likeness (QED) is 0.519. The zero-order valence-corrected chi connectivity index (χ0v) is 19.9. The van der Waals surface area contributed by atoms with Gasteiger partial charge in [0.1, 0.15) is 5.71 Å². The molecular weight excluding hydrogens is 453 g/mol. The molecule has 1 aliphatic carbocycles. The summed E-state index contributed by atoms with van der Waals surface area (Å²) in [5.74, 6) is 0.244. The zero-order chi connectivity index (χ0) is 22.1. The summed E-state index contributed by atoms with van der Waals surface area (Å²) in [4.78, 5) is 13.3. The summed E-state index contributed by atoms with van der Waals surface area (Å²) in [7, 11) is 0. The van der Waals surface area contributed by atoms with Gasteiger partial charge in [0.15, 0.2) is 0 Å². The second-order valence-electron chi connectivity index (χ2n) is 8.55. The highest BCUT2D eigenvalue weighted by Crippen LogP contribution is 2.42. The highest BCUT2D eigenvalue weighted by molar-refractivity contribution is 6.41. The van der Waals surface area contributed by atoms with E-state index >= 15 is 0 Å². The molecule has 164 valence electrons. The maximum atomic E-state index is 13.3. The average Bonchev–Trinajstić information content (AvgIpc) is 3.07. The van der Waals surface area contributed by atoms with Gasteiger partial charge in [-0.2, -0.15) is 5.10 Å². The topological polar surface area (TPSA) is 44.7 Å². The summed E-state index contributed by atoms with van der Waals surface area (Å²) in [6, 6.07) is 13.0. The van der Waals surface area contributed by atoms with Gasteiger partial charge in [-0.3, -0.25) is 9.80 Å². The fourth-order valence-corrected chi connectivity index (χ4v) is 5.24. The Bertz CT molecular complexity index is 992. The van der Waals surface area contributed by atoms with Crippen LogP contribution in [0.15, 0.2) is 47.6 Å². The number of amides is 1. The van der Waals surface area contributed by atoms with E-state index < -0.39 is 0 Å². The van der Waals surface area contributed by atoms with Crippen molar-refractivity contribution in [2.45, 2.75) is 51.6 Å². The first-order valence-electron chi connectivity index (χ1n) is 10.7. The van der Waals surface area contributed by atoms with Crippen LogP contribution in [-0.4, -0.2) is 17.7 Å². The Morgan fingerprint density at radius 3 is 2.35 bits per heavy atom. The van der Waals surface area contributed by atoms with Crippen LogP contribution in [0.25, 0.3) is 0 Å². The third kappa shape index (κ3) is 4.72. The lowest BCUT2D eigenvalue weighted by Gasteiger charge is -2.30. The zero-order valence-electron chi connectivity index (χ0n) is 17.6. The van der Waals surface area contributed by atoms with Crippen LogP contribution >= 0.6 is 34.8 Å². The Kier molecular flexibility index (Phi) is 6.80. The summed E-state index contributed by atoms with van der Waals surface area (Å²) in [5, 5.41) is 11.6. The van der Waals surface area contributed by atoms with E-state index in [1.807, 2.05) is 42.3 Å². The van der Waals surface area contributed by atoms with Gasteiger partial charge in [0, 0.05) is 22.0 Å². The molecule has 1 saturated carbocycles. The lowest BCUT2D eigenvalue weighted by molar-refractivity contribution is -0.116. The first-order valence-corrected chi connectivity index (χ1v) is 11.9. The number of rotatable bonds is 4. The SMILES string of the molecule is CC1CCCCC1NC(=O)C1=NN(c2ccc(Cl)cc2Cl)[C@@H](c2ccc(Cl)cc2)[C@H]1C. The van der Waals surface area contributed by atoms with E-state index in [1.165, 1.54) is 6.42 Å². The number of nitrogens with zero attached hydrogens (tertiary/aromatic N) is 2. The van der Waals surface area contributed by atoms with Gasteiger partial charge in [-0.25, -0.2) is 0 Å². The molecule has 7 heteroatoms. The van der Waals surface area contributed by atoms with Crippen molar-refractivity contribution in [1.82, 2.24) is 5.32 Å². The summed E-state index contributed by atoms with van der Waals surface area (Å²) in [6.45, 7) is 4.24. The van der Waals surface area contributed by atoms with Gasteiger partial charge in [0.25, 0.3) is 5.91 Å². The molecule has 1 N–H and O–H groups in total. The first kappa shape index (κ1) is 22.4. The second kappa shape index (κ2) is 9.40. The largest absolute Gasteiger partial charge is 0.348 e. The predicted molar refractivity (Wildman–Crippen MR) is 129 cm³/mol. The highest BCUT2D eigenvalue weighted by atomic mass is 35.5. The van der Waals surface area contributed by atoms with Crippen LogP contribution in [0.5, 0.6) is 0 Å². The molecule has 0 spiro atoms. The van der Waals surface area contributed by atoms with Crippen molar-refractivity contribution in [1.29, 1.82) is 0 Å². The van der Waals surface area contributed by atoms with E-state index in [1.54, 1.807) is 12.1 Å². The van der Waals surface area contributed by atoms with E-state index in [0.717, 1.165) is 24.8 Å². The van der Waals surface area contributed by atoms with Gasteiger partial charge >= 0.3 is 0 Å². The molecule has 0 bridgehead atoms. The fourth-order valence-electron chi connectivity index (χ4n) is 4.62. The smallest absolute Gasteiger partial charge is 0.268 e. The third-order valence-electron chi connectivity index (χ3n) is 6.41. The average molecular weight is 479 g/mol. The monoisotopic (exact) mass is 477 g/mol. The van der Waals surface area contributed by atoms with Crippen LogP contribution in [0.4, 0.5) is 5.69 Å². The van der Waals surface area contributed by atoms with Crippen LogP contribution in [0.2, 0.25) is 15.1 Å². The number of anilines is 1. The molecular formula is C24H26Cl3N3O. The van der Waals surface area contributed by atoms with Gasteiger partial charge in [-0.15, -0.1) is 0 Å². The van der Waals surface area contributed by atoms with Crippen molar-refractivity contribution in [3.63, 3.8) is 0 Å². The molecule has 1 heterocycles. The molecule has 0 radical (unpaired) electrons. The van der Waals surface area contributed by atoms with Crippen molar-refractivity contribution >= 4 is 52.1 Å². The Labute approximate surface area is 198 Å². The van der Waals surface area contributed by atoms with Crippen LogP contribution in [0, 0.1) is 11.8 Å². The molecule has 0 saturated heterocycles. The molecule has 1 amide bonds. The van der Waals surface area contributed by atoms with E-state index in [-0.39, 0.29) is 23.9 Å². The minimum absolute atomic E-state index is 0.0993. The number of hydrogen-bond donors (Lipinski definition) is 1. The molecule has 2 aliphatic rings. The normalized spacial score (nSPS) is 26.0. The van der Waals surface area contributed by atoms with Gasteiger partial charge in [0.05, 0.1) is 16.8 Å². The maximum absolute atomic E-state index is 13.3. The summed E-state index contributed by atoms with van der Waals surface area (Å²) in [6.07, 6.45) is 4.54. The number of benzene rings is 2. The van der Waals surface area contributed by atoms with Crippen LogP contribution in [0.1, 0.15) is 51.1 Å². The summed E-state index contributed by atoms with van der Waals surface area (Å²) in [5.41, 5.74) is 2.25. The molecule has 31 heavy (non-hydrogen) atoms. The van der Waals surface area contributed by atoms with E-state index in [4.69, 9.17) is 39.9 Å². The van der Waals surface area contributed by atoms with Gasteiger partial charge in [-0.1, -0.05) is 73.6 Å². The minimum atomic E-state index is -0.180. The van der Waals surface area contributed by atoms with Gasteiger partial charge in [-0.05, 0) is 54.7 Å². The maximum Gasteiger partial charge on any atom is 0.268 e. The Balaban J connectivity index is 1.68. The third-order valence-corrected chi connectivity index (χ3v) is 7.20. The van der Waals surface area contributed by atoms with Crippen LogP contribution < -0.4 is 10.3 Å². The molecule has 4 atom stereocenters. The molecule has 2 aromatic rings. The number of hydrazone groups is 1. The molecule has 1 fully saturated rings. The van der Waals surface area contributed by atoms with Gasteiger partial charge in [0.2, 0.25) is 0 Å². The highest BCUT2D eigenvalue weighted by Gasteiger charge is 2.40. The second-order valence-corrected chi connectivity index (χ2v) is 9.83. The van der Waals surface area contributed by atoms with Crippen molar-refractivity contribution in [2.24, 2.45) is 16.9 Å². The molecule has 4 nitrogen and oxygen atoms in total. The lowest BCUT2D eigenvalue weighted by Crippen LogP contribution is -2.45. The Morgan fingerprint density at radius 1 is 1.00 bits per heavy atom. The fraction of sp³-hybridized carbons (Fsp3) is 0.417. The number of carbonyl (C=O) groups excluding carboxylic acids is 1. The Morgan fingerprint density at radius 2 is 1.68 bits per heavy atom. The van der Waals surface area contributed by atoms with Gasteiger partial charge < -0.3 is 5.32 Å². The van der Waals surface area contributed by atoms with Crippen molar-refractivity contribution in [3.05, 3.63) is 63.1 Å². The van der Waals surface area contributed by atoms with Crippen LogP contribution in [-0.2, 0) is 4.79 Å². The van der Waals surface area contributed by atoms with Crippen LogP contribution in [0.3, 0.4) is 0 Å². The van der Waals surface area contributed by atoms with E-state index in [9.17, 15) is 4.79 Å². The molecule has 2 unspecified atom stereocenters. The standard InChI is InChI=1S/C24H26Cl3N3O/c1-14-5-3-4-6-20(14)28-24(31)22-15(2)23(16-7-9-17(25)10-8-16)30(29-22)21-12-11-18(26)13-19(21)27/h7-15,20,23H,3-6H2,1-2H3,(H,28,31)/t14?,15-,20?,23+/m0/s1. The Hall–Kier alpha value is -1.75. The molecule has 0 aromatic heterocycles. The lowest BCUT2D eigenvalue weighted by atomic mass is 9.85. The molecule has 2 aromatic carbocycles. The minimum Gasteiger partial charge on any atom is -0.348 e. The number of carbonyl (C=O) groups is 1. The van der Waals surface area contributed by atoms with Crippen molar-refractivity contribution in [2.75, 3.05) is 5.01 Å². The number of nitrogens with one attached hydrogen (secondary N) is 1. The number of hydrogen-bond acceptors (Lipinski definition) is 3. The molecule has 4 rings (SSSR count). The van der Waals surface area contributed by atoms with E-state index in [2.05, 4.69) is 12.2 Å². The summed E-state index contributed by atoms with van der Waals surface area (Å²) >= 11 is 18.7.